The molecule has 7 rings (SSSR count). The van der Waals surface area contributed by atoms with E-state index in [0.29, 0.717) is 32.1 Å². The zero-order chi connectivity index (χ0) is 40.8. The van der Waals surface area contributed by atoms with Gasteiger partial charge in [0.1, 0.15) is 36.6 Å². The third-order valence-electron chi connectivity index (χ3n) is 10.4. The highest BCUT2D eigenvalue weighted by Gasteiger charge is 2.28. The summed E-state index contributed by atoms with van der Waals surface area (Å²) in [5.74, 6) is 2.06. The number of imidazole rings is 2. The molecule has 0 radical (unpaired) electrons. The Bertz CT molecular complexity index is 2400. The monoisotopic (exact) mass is 782 g/mol. The molecule has 300 valence electrons. The lowest BCUT2D eigenvalue weighted by atomic mass is 9.92. The van der Waals surface area contributed by atoms with E-state index in [9.17, 15) is 14.4 Å². The second-order valence-corrected chi connectivity index (χ2v) is 14.7. The average Bonchev–Trinajstić information content (AvgIpc) is 3.92. The molecule has 3 heterocycles. The predicted octanol–water partition coefficient (Wildman–Crippen LogP) is 7.32. The van der Waals surface area contributed by atoms with Crippen LogP contribution in [-0.4, -0.2) is 93.4 Å². The van der Waals surface area contributed by atoms with Gasteiger partial charge in [-0.15, -0.1) is 0 Å². The minimum Gasteiger partial charge on any atom is -0.488 e. The van der Waals surface area contributed by atoms with Gasteiger partial charge in [-0.05, 0) is 72.8 Å². The molecular formula is C45H50N8O5. The summed E-state index contributed by atoms with van der Waals surface area (Å²) in [6.07, 6.45) is 4.57. The number of likely N-dealkylation sites (N-methyl/N-ethyl adjacent to an activating group) is 1. The first kappa shape index (κ1) is 39.8. The average molecular weight is 783 g/mol. The van der Waals surface area contributed by atoms with Crippen LogP contribution in [0.1, 0.15) is 55.5 Å². The van der Waals surface area contributed by atoms with Gasteiger partial charge < -0.3 is 34.6 Å². The fourth-order valence-electron chi connectivity index (χ4n) is 7.57. The Balaban J connectivity index is 1.06. The third kappa shape index (κ3) is 8.59. The van der Waals surface area contributed by atoms with Crippen molar-refractivity contribution in [3.63, 3.8) is 0 Å². The molecule has 0 aliphatic carbocycles. The largest absolute Gasteiger partial charge is 0.488 e. The molecule has 13 nitrogen and oxygen atoms in total. The second-order valence-electron chi connectivity index (χ2n) is 14.7. The van der Waals surface area contributed by atoms with Crippen LogP contribution in [0.25, 0.3) is 44.4 Å². The highest BCUT2D eigenvalue weighted by Crippen LogP contribution is 2.44. The number of ether oxygens (including phenoxy) is 2. The third-order valence-corrected chi connectivity index (χ3v) is 10.4. The van der Waals surface area contributed by atoms with E-state index in [1.165, 1.54) is 7.11 Å². The molecule has 1 unspecified atom stereocenters. The lowest BCUT2D eigenvalue weighted by Gasteiger charge is -2.30. The number of fused-ring (bicyclic) bond motifs is 5. The molecule has 1 aliphatic rings. The Kier molecular flexibility index (Phi) is 12.2. The Hall–Kier alpha value is -6.47. The molecular weight excluding hydrogens is 733 g/mol. The van der Waals surface area contributed by atoms with E-state index in [1.54, 1.807) is 11.1 Å². The number of aromatic amines is 2. The topological polar surface area (TPSA) is 149 Å². The standard InChI is InChI=1S/C45H50N8O5/c1-6-19-52(41(54)25-48-45(56)57-5)26-39-46-23-37(49-39)31-15-17-35-30(21-31)13-18-36-34-16-14-32(22-33(34)28-58-43(35)36)38-24-47-40(50-38)27-53(20-7-2)44(55)42(51(3)4)29-11-9-8-10-12-29/h8-18,21-24,42H,6-7,19-20,25-28H2,1-5H3,(H,46,49)(H,47,50)(H,48,56). The summed E-state index contributed by atoms with van der Waals surface area (Å²) in [5.41, 5.74) is 7.88. The zero-order valence-corrected chi connectivity index (χ0v) is 33.7. The van der Waals surface area contributed by atoms with Gasteiger partial charge in [-0.25, -0.2) is 14.8 Å². The van der Waals surface area contributed by atoms with Gasteiger partial charge >= 0.3 is 6.09 Å². The van der Waals surface area contributed by atoms with E-state index in [0.717, 1.165) is 80.0 Å². The smallest absolute Gasteiger partial charge is 0.407 e. The molecule has 6 aromatic rings. The van der Waals surface area contributed by atoms with Crippen molar-refractivity contribution in [2.45, 2.75) is 52.4 Å². The van der Waals surface area contributed by atoms with E-state index < -0.39 is 6.09 Å². The van der Waals surface area contributed by atoms with E-state index in [-0.39, 0.29) is 30.9 Å². The summed E-state index contributed by atoms with van der Waals surface area (Å²) in [4.78, 5) is 59.8. The molecule has 0 saturated carbocycles. The Morgan fingerprint density at radius 3 is 2.12 bits per heavy atom. The van der Waals surface area contributed by atoms with Crippen LogP contribution in [-0.2, 0) is 34.0 Å². The number of rotatable bonds is 15. The fraction of sp³-hybridized carbons (Fsp3) is 0.311. The van der Waals surface area contributed by atoms with Gasteiger partial charge in [-0.3, -0.25) is 14.5 Å². The molecule has 3 N–H and O–H groups in total. The van der Waals surface area contributed by atoms with Crippen molar-refractivity contribution in [2.75, 3.05) is 40.8 Å². The summed E-state index contributed by atoms with van der Waals surface area (Å²) in [5, 5.41) is 4.50. The Morgan fingerprint density at radius 1 is 0.810 bits per heavy atom. The van der Waals surface area contributed by atoms with E-state index >= 15 is 0 Å². The molecule has 1 atom stereocenters. The van der Waals surface area contributed by atoms with Crippen molar-refractivity contribution in [3.05, 3.63) is 114 Å². The maximum atomic E-state index is 13.9. The molecule has 4 aromatic carbocycles. The van der Waals surface area contributed by atoms with Crippen LogP contribution in [0.4, 0.5) is 4.79 Å². The summed E-state index contributed by atoms with van der Waals surface area (Å²) >= 11 is 0. The first-order chi connectivity index (χ1) is 28.2. The summed E-state index contributed by atoms with van der Waals surface area (Å²) in [6, 6.07) is 26.4. The molecule has 0 saturated heterocycles. The molecule has 0 fully saturated rings. The molecule has 58 heavy (non-hydrogen) atoms. The molecule has 0 spiro atoms. The normalized spacial score (nSPS) is 12.4. The molecule has 3 amide bonds. The van der Waals surface area contributed by atoms with Crippen molar-refractivity contribution in [2.24, 2.45) is 0 Å². The lowest BCUT2D eigenvalue weighted by molar-refractivity contribution is -0.137. The number of methoxy groups -OCH3 is 1. The summed E-state index contributed by atoms with van der Waals surface area (Å²) in [7, 11) is 5.14. The number of hydrogen-bond acceptors (Lipinski definition) is 8. The van der Waals surface area contributed by atoms with Gasteiger partial charge in [0.05, 0.1) is 44.0 Å². The molecule has 1 aliphatic heterocycles. The quantitative estimate of drug-likeness (QED) is 0.0982. The number of benzene rings is 4. The first-order valence-corrected chi connectivity index (χ1v) is 19.7. The number of nitrogens with zero attached hydrogens (tertiary/aromatic N) is 5. The summed E-state index contributed by atoms with van der Waals surface area (Å²) < 4.78 is 11.0. The number of hydrogen-bond donors (Lipinski definition) is 3. The molecule has 2 aromatic heterocycles. The number of carbonyl (C=O) groups excluding carboxylic acids is 3. The van der Waals surface area contributed by atoms with E-state index in [4.69, 9.17) is 9.72 Å². The van der Waals surface area contributed by atoms with E-state index in [2.05, 4.69) is 74.4 Å². The van der Waals surface area contributed by atoms with Crippen LogP contribution in [0.15, 0.2) is 91.3 Å². The van der Waals surface area contributed by atoms with Crippen molar-refractivity contribution >= 4 is 28.7 Å². The van der Waals surface area contributed by atoms with Gasteiger partial charge in [-0.2, -0.15) is 0 Å². The number of H-pyrrole nitrogens is 2. The zero-order valence-electron chi connectivity index (χ0n) is 33.7. The number of alkyl carbamates (subject to hydrolysis) is 1. The minimum absolute atomic E-state index is 0.0484. The molecule has 0 bridgehead atoms. The summed E-state index contributed by atoms with van der Waals surface area (Å²) in [6.45, 7) is 6.19. The fourth-order valence-corrected chi connectivity index (χ4v) is 7.57. The number of carbonyl (C=O) groups is 3. The second kappa shape index (κ2) is 17.8. The Labute approximate surface area is 338 Å². The Morgan fingerprint density at radius 2 is 1.45 bits per heavy atom. The predicted molar refractivity (Wildman–Crippen MR) is 224 cm³/mol. The van der Waals surface area contributed by atoms with Crippen LogP contribution in [0, 0.1) is 0 Å². The maximum Gasteiger partial charge on any atom is 0.407 e. The highest BCUT2D eigenvalue weighted by molar-refractivity contribution is 5.98. The van der Waals surface area contributed by atoms with Gasteiger partial charge in [0.15, 0.2) is 0 Å². The van der Waals surface area contributed by atoms with Crippen molar-refractivity contribution in [1.82, 2.24) is 40.0 Å². The number of nitrogens with one attached hydrogen (secondary N) is 3. The van der Waals surface area contributed by atoms with Gasteiger partial charge in [0, 0.05) is 29.6 Å². The van der Waals surface area contributed by atoms with Crippen molar-refractivity contribution < 1.29 is 23.9 Å². The lowest BCUT2D eigenvalue weighted by Crippen LogP contribution is -2.40. The van der Waals surface area contributed by atoms with Crippen LogP contribution in [0.3, 0.4) is 0 Å². The van der Waals surface area contributed by atoms with Crippen LogP contribution in [0.5, 0.6) is 5.75 Å². The van der Waals surface area contributed by atoms with E-state index in [1.807, 2.05) is 73.4 Å². The van der Waals surface area contributed by atoms with Gasteiger partial charge in [0.25, 0.3) is 0 Å². The van der Waals surface area contributed by atoms with Crippen molar-refractivity contribution in [3.8, 4) is 39.4 Å². The highest BCUT2D eigenvalue weighted by atomic mass is 16.5. The van der Waals surface area contributed by atoms with Crippen LogP contribution < -0.4 is 10.1 Å². The number of aromatic nitrogens is 4. The SMILES string of the molecule is CCCN(Cc1ncc(-c2ccc3c4c(ccc3c2)-c2ccc(-c3cnc(CN(CCC)C(=O)C(c5ccccc5)N(C)C)[nH]3)cc2CO4)[nH]1)C(=O)CNC(=O)OC. The maximum absolute atomic E-state index is 13.9. The number of amides is 3. The first-order valence-electron chi connectivity index (χ1n) is 19.7. The van der Waals surface area contributed by atoms with Crippen LogP contribution >= 0.6 is 0 Å². The molecule has 13 heteroatoms. The van der Waals surface area contributed by atoms with Crippen LogP contribution in [0.2, 0.25) is 0 Å². The minimum atomic E-state index is -0.648. The van der Waals surface area contributed by atoms with Crippen molar-refractivity contribution in [1.29, 1.82) is 0 Å². The van der Waals surface area contributed by atoms with Gasteiger partial charge in [-0.1, -0.05) is 74.5 Å². The van der Waals surface area contributed by atoms with Gasteiger partial charge in [0.2, 0.25) is 11.8 Å².